The summed E-state index contributed by atoms with van der Waals surface area (Å²) in [6.45, 7) is 0.869. The molecule has 5 aromatic rings. The Balaban J connectivity index is 1.45. The van der Waals surface area contributed by atoms with Gasteiger partial charge in [-0.1, -0.05) is 72.8 Å². The number of rotatable bonds is 6. The second kappa shape index (κ2) is 8.86. The molecule has 156 valence electrons. The van der Waals surface area contributed by atoms with Crippen LogP contribution in [-0.4, -0.2) is 25.8 Å². The Hall–Kier alpha value is -4.25. The van der Waals surface area contributed by atoms with Crippen LogP contribution in [0.25, 0.3) is 22.0 Å². The Labute approximate surface area is 186 Å². The average Bonchev–Trinajstić information content (AvgIpc) is 3.37. The molecule has 0 aliphatic heterocycles. The molecule has 5 heteroatoms. The SMILES string of the molecule is O=C(c1ccnc2ccccc12)N(Cc1ccc(-c2ccccc2)cc1)Cc1ncc[nH]1. The van der Waals surface area contributed by atoms with Crippen molar-refractivity contribution in [1.82, 2.24) is 19.9 Å². The molecule has 0 saturated carbocycles. The van der Waals surface area contributed by atoms with Crippen molar-refractivity contribution in [3.63, 3.8) is 0 Å². The van der Waals surface area contributed by atoms with Crippen molar-refractivity contribution in [2.45, 2.75) is 13.1 Å². The first-order valence-corrected chi connectivity index (χ1v) is 10.5. The van der Waals surface area contributed by atoms with Gasteiger partial charge < -0.3 is 9.88 Å². The normalized spacial score (nSPS) is 10.9. The van der Waals surface area contributed by atoms with Gasteiger partial charge in [0.1, 0.15) is 5.82 Å². The van der Waals surface area contributed by atoms with Crippen molar-refractivity contribution in [2.24, 2.45) is 0 Å². The molecule has 0 radical (unpaired) electrons. The van der Waals surface area contributed by atoms with E-state index in [9.17, 15) is 4.79 Å². The number of nitrogens with zero attached hydrogens (tertiary/aromatic N) is 3. The van der Waals surface area contributed by atoms with Crippen LogP contribution in [-0.2, 0) is 13.1 Å². The van der Waals surface area contributed by atoms with Gasteiger partial charge >= 0.3 is 0 Å². The van der Waals surface area contributed by atoms with Gasteiger partial charge in [-0.25, -0.2) is 4.98 Å². The lowest BCUT2D eigenvalue weighted by Crippen LogP contribution is -2.30. The minimum absolute atomic E-state index is 0.0489. The quantitative estimate of drug-likeness (QED) is 0.398. The third-order valence-corrected chi connectivity index (χ3v) is 5.50. The number of amides is 1. The van der Waals surface area contributed by atoms with E-state index in [-0.39, 0.29) is 5.91 Å². The standard InChI is InChI=1S/C27H22N4O/c32-27(24-14-15-28-25-9-5-4-8-23(24)25)31(19-26-29-16-17-30-26)18-20-10-12-22(13-11-20)21-6-2-1-3-7-21/h1-17H,18-19H2,(H,29,30). The van der Waals surface area contributed by atoms with Crippen LogP contribution >= 0.6 is 0 Å². The second-order valence-electron chi connectivity index (χ2n) is 7.64. The fraction of sp³-hybridized carbons (Fsp3) is 0.0741. The number of aromatic nitrogens is 3. The average molecular weight is 419 g/mol. The number of nitrogens with one attached hydrogen (secondary N) is 1. The van der Waals surface area contributed by atoms with Crippen LogP contribution in [0.1, 0.15) is 21.7 Å². The zero-order valence-electron chi connectivity index (χ0n) is 17.5. The molecule has 0 fully saturated rings. The summed E-state index contributed by atoms with van der Waals surface area (Å²) >= 11 is 0. The molecular weight excluding hydrogens is 396 g/mol. The van der Waals surface area contributed by atoms with Gasteiger partial charge in [-0.3, -0.25) is 9.78 Å². The van der Waals surface area contributed by atoms with Gasteiger partial charge in [0, 0.05) is 30.5 Å². The number of hydrogen-bond donors (Lipinski definition) is 1. The minimum atomic E-state index is -0.0489. The molecule has 0 atom stereocenters. The molecule has 2 aromatic heterocycles. The van der Waals surface area contributed by atoms with E-state index in [2.05, 4.69) is 51.4 Å². The van der Waals surface area contributed by atoms with Crippen LogP contribution in [0, 0.1) is 0 Å². The number of fused-ring (bicyclic) bond motifs is 1. The van der Waals surface area contributed by atoms with Gasteiger partial charge in [-0.15, -0.1) is 0 Å². The van der Waals surface area contributed by atoms with Crippen LogP contribution in [0.3, 0.4) is 0 Å². The molecule has 0 unspecified atom stereocenters. The summed E-state index contributed by atoms with van der Waals surface area (Å²) in [4.78, 5) is 27.3. The van der Waals surface area contributed by atoms with Crippen molar-refractivity contribution in [2.75, 3.05) is 0 Å². The lowest BCUT2D eigenvalue weighted by atomic mass is 10.0. The van der Waals surface area contributed by atoms with Gasteiger partial charge in [0.25, 0.3) is 5.91 Å². The van der Waals surface area contributed by atoms with Crippen molar-refractivity contribution < 1.29 is 4.79 Å². The summed E-state index contributed by atoms with van der Waals surface area (Å²) in [5.41, 5.74) is 4.83. The van der Waals surface area contributed by atoms with Crippen LogP contribution in [0.2, 0.25) is 0 Å². The van der Waals surface area contributed by atoms with E-state index in [0.29, 0.717) is 18.7 Å². The van der Waals surface area contributed by atoms with Gasteiger partial charge in [0.05, 0.1) is 17.6 Å². The van der Waals surface area contributed by atoms with E-state index in [1.165, 1.54) is 5.56 Å². The van der Waals surface area contributed by atoms with Crippen LogP contribution in [0.15, 0.2) is 104 Å². The zero-order valence-corrected chi connectivity index (χ0v) is 17.5. The number of pyridine rings is 1. The van der Waals surface area contributed by atoms with Gasteiger partial charge in [0.15, 0.2) is 0 Å². The first-order chi connectivity index (χ1) is 15.8. The highest BCUT2D eigenvalue weighted by Gasteiger charge is 2.20. The number of imidazole rings is 1. The Morgan fingerprint density at radius 1 is 0.750 bits per heavy atom. The van der Waals surface area contributed by atoms with Gasteiger partial charge in [-0.05, 0) is 28.8 Å². The Bertz CT molecular complexity index is 1320. The van der Waals surface area contributed by atoms with E-state index in [0.717, 1.165) is 27.9 Å². The molecule has 0 spiro atoms. The molecule has 5 rings (SSSR count). The molecule has 2 heterocycles. The van der Waals surface area contributed by atoms with E-state index in [1.54, 1.807) is 24.7 Å². The van der Waals surface area contributed by atoms with Crippen molar-refractivity contribution in [1.29, 1.82) is 0 Å². The summed E-state index contributed by atoms with van der Waals surface area (Å²) < 4.78 is 0. The number of H-pyrrole nitrogens is 1. The molecule has 0 bridgehead atoms. The van der Waals surface area contributed by atoms with E-state index in [4.69, 9.17) is 0 Å². The Kier molecular flexibility index (Phi) is 5.45. The van der Waals surface area contributed by atoms with Gasteiger partial charge in [-0.2, -0.15) is 0 Å². The predicted molar refractivity (Wildman–Crippen MR) is 126 cm³/mol. The lowest BCUT2D eigenvalue weighted by molar-refractivity contribution is 0.0728. The summed E-state index contributed by atoms with van der Waals surface area (Å²) in [7, 11) is 0. The molecule has 32 heavy (non-hydrogen) atoms. The molecular formula is C27H22N4O. The molecule has 1 amide bonds. The summed E-state index contributed by atoms with van der Waals surface area (Å²) in [6.07, 6.45) is 5.16. The fourth-order valence-electron chi connectivity index (χ4n) is 3.87. The first-order valence-electron chi connectivity index (χ1n) is 10.5. The minimum Gasteiger partial charge on any atom is -0.347 e. The highest BCUT2D eigenvalue weighted by molar-refractivity contribution is 6.05. The maximum atomic E-state index is 13.6. The van der Waals surface area contributed by atoms with Crippen molar-refractivity contribution in [3.8, 4) is 11.1 Å². The van der Waals surface area contributed by atoms with Crippen molar-refractivity contribution in [3.05, 3.63) is 120 Å². The smallest absolute Gasteiger partial charge is 0.255 e. The first kappa shape index (κ1) is 19.7. The molecule has 3 aromatic carbocycles. The number of hydrogen-bond acceptors (Lipinski definition) is 3. The summed E-state index contributed by atoms with van der Waals surface area (Å²) in [6, 6.07) is 28.1. The van der Waals surface area contributed by atoms with E-state index >= 15 is 0 Å². The number of carbonyl (C=O) groups excluding carboxylic acids is 1. The maximum Gasteiger partial charge on any atom is 0.255 e. The molecule has 0 aliphatic carbocycles. The van der Waals surface area contributed by atoms with Crippen molar-refractivity contribution >= 4 is 16.8 Å². The van der Waals surface area contributed by atoms with Crippen LogP contribution in [0.5, 0.6) is 0 Å². The highest BCUT2D eigenvalue weighted by atomic mass is 16.2. The topological polar surface area (TPSA) is 61.9 Å². The summed E-state index contributed by atoms with van der Waals surface area (Å²) in [5, 5.41) is 0.851. The third-order valence-electron chi connectivity index (χ3n) is 5.50. The number of para-hydroxylation sites is 1. The predicted octanol–water partition coefficient (Wildman–Crippen LogP) is 5.47. The third kappa shape index (κ3) is 4.14. The molecule has 5 nitrogen and oxygen atoms in total. The number of aromatic amines is 1. The molecule has 0 aliphatic rings. The Morgan fingerprint density at radius 3 is 2.28 bits per heavy atom. The van der Waals surface area contributed by atoms with Crippen LogP contribution in [0.4, 0.5) is 0 Å². The van der Waals surface area contributed by atoms with Crippen LogP contribution < -0.4 is 0 Å². The lowest BCUT2D eigenvalue weighted by Gasteiger charge is -2.23. The Morgan fingerprint density at radius 2 is 1.50 bits per heavy atom. The van der Waals surface area contributed by atoms with E-state index in [1.807, 2.05) is 47.4 Å². The summed E-state index contributed by atoms with van der Waals surface area (Å²) in [5.74, 6) is 0.699. The largest absolute Gasteiger partial charge is 0.347 e. The monoisotopic (exact) mass is 418 g/mol. The molecule has 0 saturated heterocycles. The van der Waals surface area contributed by atoms with E-state index < -0.39 is 0 Å². The number of carbonyl (C=O) groups is 1. The fourth-order valence-corrected chi connectivity index (χ4v) is 3.87. The van der Waals surface area contributed by atoms with Gasteiger partial charge in [0.2, 0.25) is 0 Å². The maximum absolute atomic E-state index is 13.6. The zero-order chi connectivity index (χ0) is 21.8. The second-order valence-corrected chi connectivity index (χ2v) is 7.64. The molecule has 1 N–H and O–H groups in total. The highest BCUT2D eigenvalue weighted by Crippen LogP contribution is 2.22. The number of benzene rings is 3.